The Bertz CT molecular complexity index is 1260. The van der Waals surface area contributed by atoms with Gasteiger partial charge in [-0.25, -0.2) is 0 Å². The first-order chi connectivity index (χ1) is 37.7. The molecule has 0 aromatic rings. The van der Waals surface area contributed by atoms with Crippen molar-refractivity contribution in [2.24, 2.45) is 0 Å². The summed E-state index contributed by atoms with van der Waals surface area (Å²) in [5.74, 6) is -0.698. The molecule has 0 aromatic heterocycles. The van der Waals surface area contributed by atoms with E-state index >= 15 is 0 Å². The number of aliphatic hydroxyl groups excluding tert-OH is 7. The molecule has 9 unspecified atom stereocenters. The number of allylic oxidation sites excluding steroid dienone is 2. The molecule has 0 saturated carbocycles. The van der Waals surface area contributed by atoms with Crippen molar-refractivity contribution in [1.82, 2.24) is 5.32 Å². The van der Waals surface area contributed by atoms with Crippen molar-refractivity contribution in [2.75, 3.05) is 13.2 Å². The molecule has 1 saturated heterocycles. The average Bonchev–Trinajstić information content (AvgIpc) is 3.43. The van der Waals surface area contributed by atoms with Gasteiger partial charge in [0.05, 0.1) is 25.4 Å². The lowest BCUT2D eigenvalue weighted by Crippen LogP contribution is -2.60. The summed E-state index contributed by atoms with van der Waals surface area (Å²) in [6.07, 6.45) is 55.7. The third-order valence-corrected chi connectivity index (χ3v) is 16.6. The molecule has 0 aliphatic carbocycles. The van der Waals surface area contributed by atoms with Crippen LogP contribution in [0.2, 0.25) is 0 Å². The van der Waals surface area contributed by atoms with Gasteiger partial charge in [0.15, 0.2) is 6.29 Å². The summed E-state index contributed by atoms with van der Waals surface area (Å²) in [6.45, 7) is 3.50. The van der Waals surface area contributed by atoms with Crippen molar-refractivity contribution < 1.29 is 50.0 Å². The van der Waals surface area contributed by atoms with Crippen LogP contribution in [-0.4, -0.2) is 110 Å². The number of carbonyl (C=O) groups excluding carboxylic acids is 1. The number of aliphatic hydroxyl groups is 7. The summed E-state index contributed by atoms with van der Waals surface area (Å²) in [6, 6.07) is -1.18. The summed E-state index contributed by atoms with van der Waals surface area (Å²) in [7, 11) is 0. The minimum Gasteiger partial charge on any atom is -0.394 e. The zero-order valence-electron chi connectivity index (χ0n) is 50.5. The quantitative estimate of drug-likeness (QED) is 0.0215. The van der Waals surface area contributed by atoms with Gasteiger partial charge in [-0.3, -0.25) is 4.79 Å². The number of nitrogens with one attached hydrogen (secondary N) is 1. The maximum absolute atomic E-state index is 13.2. The van der Waals surface area contributed by atoms with Crippen LogP contribution in [0.15, 0.2) is 12.2 Å². The van der Waals surface area contributed by atoms with Crippen molar-refractivity contribution in [3.63, 3.8) is 0 Å². The second kappa shape index (κ2) is 55.4. The maximum atomic E-state index is 13.2. The van der Waals surface area contributed by atoms with E-state index in [2.05, 4.69) is 31.3 Å². The molecule has 77 heavy (non-hydrogen) atoms. The van der Waals surface area contributed by atoms with Crippen molar-refractivity contribution in [2.45, 2.75) is 390 Å². The molecule has 1 rings (SSSR count). The second-order valence-corrected chi connectivity index (χ2v) is 23.9. The fourth-order valence-electron chi connectivity index (χ4n) is 11.2. The smallest absolute Gasteiger partial charge is 0.249 e. The standard InChI is InChI=1S/C66H129NO10/c1-3-5-7-9-11-13-15-17-19-21-23-25-27-29-30-32-33-35-37-39-41-43-45-47-49-51-53-58(69)61(71)57(56-76-66-64(74)63(73)62(72)60(55-68)77-66)67-65(75)59(70)54-52-50-48-46-44-42-40-38-36-34-31-28-26-24-22-20-18-16-14-12-10-8-6-4-2/h45,47,57-64,66,68-74H,3-44,46,48-56H2,1-2H3,(H,67,75)/b47-45+. The fraction of sp³-hybridized carbons (Fsp3) is 0.955. The molecule has 1 aliphatic heterocycles. The van der Waals surface area contributed by atoms with Crippen LogP contribution in [0.1, 0.15) is 335 Å². The first kappa shape index (κ1) is 73.9. The average molecular weight is 1100 g/mol. The van der Waals surface area contributed by atoms with Crippen LogP contribution >= 0.6 is 0 Å². The van der Waals surface area contributed by atoms with E-state index in [4.69, 9.17) is 9.47 Å². The van der Waals surface area contributed by atoms with Gasteiger partial charge in [0, 0.05) is 0 Å². The number of carbonyl (C=O) groups is 1. The van der Waals surface area contributed by atoms with Gasteiger partial charge < -0.3 is 50.5 Å². The number of unbranched alkanes of at least 4 members (excludes halogenated alkanes) is 45. The molecule has 0 radical (unpaired) electrons. The van der Waals surface area contributed by atoms with Crippen molar-refractivity contribution in [1.29, 1.82) is 0 Å². The Labute approximate surface area is 474 Å². The number of hydrogen-bond donors (Lipinski definition) is 8. The molecule has 0 spiro atoms. The third kappa shape index (κ3) is 43.2. The van der Waals surface area contributed by atoms with Gasteiger partial charge in [-0.05, 0) is 38.5 Å². The molecular formula is C66H129NO10. The Balaban J connectivity index is 2.24. The summed E-state index contributed by atoms with van der Waals surface area (Å²) < 4.78 is 11.2. The van der Waals surface area contributed by atoms with E-state index in [1.165, 1.54) is 257 Å². The lowest BCUT2D eigenvalue weighted by Gasteiger charge is -2.40. The molecule has 1 amide bonds. The predicted octanol–water partition coefficient (Wildman–Crippen LogP) is 15.5. The monoisotopic (exact) mass is 1100 g/mol. The molecule has 1 fully saturated rings. The number of hydrogen-bond acceptors (Lipinski definition) is 10. The van der Waals surface area contributed by atoms with Gasteiger partial charge in [-0.15, -0.1) is 0 Å². The van der Waals surface area contributed by atoms with Crippen LogP contribution in [0.5, 0.6) is 0 Å². The Morgan fingerprint density at radius 2 is 0.766 bits per heavy atom. The molecule has 1 aliphatic rings. The number of ether oxygens (including phenoxy) is 2. The molecular weight excluding hydrogens is 967 g/mol. The van der Waals surface area contributed by atoms with Crippen molar-refractivity contribution in [3.05, 3.63) is 12.2 Å². The Morgan fingerprint density at radius 3 is 1.12 bits per heavy atom. The van der Waals surface area contributed by atoms with Crippen LogP contribution in [0.4, 0.5) is 0 Å². The van der Waals surface area contributed by atoms with Gasteiger partial charge >= 0.3 is 0 Å². The van der Waals surface area contributed by atoms with Crippen molar-refractivity contribution >= 4 is 5.91 Å². The van der Waals surface area contributed by atoms with Crippen LogP contribution in [0, 0.1) is 0 Å². The maximum Gasteiger partial charge on any atom is 0.249 e. The molecule has 8 N–H and O–H groups in total. The molecule has 9 atom stereocenters. The van der Waals surface area contributed by atoms with E-state index in [0.717, 1.165) is 38.5 Å². The number of amides is 1. The fourth-order valence-corrected chi connectivity index (χ4v) is 11.2. The summed E-state index contributed by atoms with van der Waals surface area (Å²) in [5, 5.41) is 76.4. The number of rotatable bonds is 59. The van der Waals surface area contributed by atoms with E-state index in [-0.39, 0.29) is 12.8 Å². The van der Waals surface area contributed by atoms with E-state index in [1.807, 2.05) is 0 Å². The van der Waals surface area contributed by atoms with Gasteiger partial charge in [0.1, 0.15) is 36.6 Å². The lowest BCUT2D eigenvalue weighted by atomic mass is 9.98. The molecule has 11 nitrogen and oxygen atoms in total. The normalized spacial score (nSPS) is 19.5. The van der Waals surface area contributed by atoms with E-state index in [9.17, 15) is 40.5 Å². The van der Waals surface area contributed by atoms with Crippen LogP contribution < -0.4 is 5.32 Å². The highest BCUT2D eigenvalue weighted by atomic mass is 16.7. The Morgan fingerprint density at radius 1 is 0.442 bits per heavy atom. The van der Waals surface area contributed by atoms with E-state index < -0.39 is 74.2 Å². The molecule has 458 valence electrons. The minimum atomic E-state index is -1.67. The summed E-state index contributed by atoms with van der Waals surface area (Å²) in [5.41, 5.74) is 0. The zero-order valence-corrected chi connectivity index (χ0v) is 50.5. The summed E-state index contributed by atoms with van der Waals surface area (Å²) >= 11 is 0. The van der Waals surface area contributed by atoms with Crippen molar-refractivity contribution in [3.8, 4) is 0 Å². The molecule has 11 heteroatoms. The Kier molecular flexibility index (Phi) is 53.1. The van der Waals surface area contributed by atoms with Crippen LogP contribution in [-0.2, 0) is 14.3 Å². The van der Waals surface area contributed by atoms with E-state index in [1.54, 1.807) is 0 Å². The predicted molar refractivity (Wildman–Crippen MR) is 321 cm³/mol. The highest BCUT2D eigenvalue weighted by Gasteiger charge is 2.44. The van der Waals surface area contributed by atoms with E-state index in [0.29, 0.717) is 12.8 Å². The SMILES string of the molecule is CCCCCCCCCCCCCCCCCCCCCCC/C=C/CCCC(O)C(O)C(COC1OC(CO)C(O)C(O)C1O)NC(=O)C(O)CCCCCCCCCCCCCCCCCCCCCCCCCC. The molecule has 0 aromatic carbocycles. The highest BCUT2D eigenvalue weighted by molar-refractivity contribution is 5.80. The summed E-state index contributed by atoms with van der Waals surface area (Å²) in [4.78, 5) is 13.2. The molecule has 1 heterocycles. The van der Waals surface area contributed by atoms with Gasteiger partial charge in [0.2, 0.25) is 5.91 Å². The first-order valence-electron chi connectivity index (χ1n) is 33.6. The van der Waals surface area contributed by atoms with Gasteiger partial charge in [0.25, 0.3) is 0 Å². The van der Waals surface area contributed by atoms with Crippen LogP contribution in [0.25, 0.3) is 0 Å². The Hall–Kier alpha value is -1.15. The zero-order chi connectivity index (χ0) is 56.1. The largest absolute Gasteiger partial charge is 0.394 e. The third-order valence-electron chi connectivity index (χ3n) is 16.6. The topological polar surface area (TPSA) is 189 Å². The lowest BCUT2D eigenvalue weighted by molar-refractivity contribution is -0.303. The first-order valence-corrected chi connectivity index (χ1v) is 33.6. The minimum absolute atomic E-state index is 0.260. The molecule has 0 bridgehead atoms. The van der Waals surface area contributed by atoms with Gasteiger partial charge in [-0.1, -0.05) is 309 Å². The highest BCUT2D eigenvalue weighted by Crippen LogP contribution is 2.24. The second-order valence-electron chi connectivity index (χ2n) is 23.9. The van der Waals surface area contributed by atoms with Gasteiger partial charge in [-0.2, -0.15) is 0 Å². The van der Waals surface area contributed by atoms with Crippen LogP contribution in [0.3, 0.4) is 0 Å².